The van der Waals surface area contributed by atoms with Crippen molar-refractivity contribution < 1.29 is 10.2 Å². The van der Waals surface area contributed by atoms with Crippen LogP contribution in [-0.2, 0) is 0 Å². The van der Waals surface area contributed by atoms with Crippen molar-refractivity contribution in [2.24, 2.45) is 0 Å². The summed E-state index contributed by atoms with van der Waals surface area (Å²) in [6, 6.07) is 19.0. The first-order valence-electron chi connectivity index (χ1n) is 7.20. The second kappa shape index (κ2) is 8.54. The van der Waals surface area contributed by atoms with Gasteiger partial charge in [-0.3, -0.25) is 10.6 Å². The molecule has 4 nitrogen and oxygen atoms in total. The average Bonchev–Trinajstić information content (AvgIpc) is 2.55. The first-order valence-corrected chi connectivity index (χ1v) is 7.20. The maximum atomic E-state index is 9.93. The quantitative estimate of drug-likeness (QED) is 0.442. The second-order valence-electron chi connectivity index (χ2n) is 4.89. The summed E-state index contributed by atoms with van der Waals surface area (Å²) in [7, 11) is 0. The zero-order chi connectivity index (χ0) is 14.9. The second-order valence-corrected chi connectivity index (χ2v) is 4.89. The largest absolute Gasteiger partial charge is 0.374 e. The van der Waals surface area contributed by atoms with E-state index in [0.29, 0.717) is 13.1 Å². The van der Waals surface area contributed by atoms with Crippen LogP contribution in [0.2, 0.25) is 0 Å². The molecule has 0 amide bonds. The molecule has 0 aliphatic rings. The fraction of sp³-hybridized carbons (Fsp3) is 0.294. The number of hydrogen-bond acceptors (Lipinski definition) is 4. The van der Waals surface area contributed by atoms with Crippen molar-refractivity contribution in [3.8, 4) is 0 Å². The van der Waals surface area contributed by atoms with Crippen LogP contribution >= 0.6 is 0 Å². The highest BCUT2D eigenvalue weighted by Gasteiger charge is 2.06. The van der Waals surface area contributed by atoms with Crippen molar-refractivity contribution in [3.63, 3.8) is 0 Å². The Balaban J connectivity index is 1.62. The molecule has 2 unspecified atom stereocenters. The van der Waals surface area contributed by atoms with Crippen LogP contribution in [0.1, 0.15) is 30.0 Å². The van der Waals surface area contributed by atoms with Crippen molar-refractivity contribution in [2.45, 2.75) is 18.9 Å². The van der Waals surface area contributed by atoms with E-state index in [1.807, 2.05) is 60.7 Å². The van der Waals surface area contributed by atoms with E-state index < -0.39 is 12.5 Å². The monoisotopic (exact) mass is 286 g/mol. The van der Waals surface area contributed by atoms with Crippen LogP contribution in [0.3, 0.4) is 0 Å². The number of nitrogens with one attached hydrogen (secondary N) is 2. The molecule has 2 atom stereocenters. The summed E-state index contributed by atoms with van der Waals surface area (Å²) in [6.07, 6.45) is -0.483. The normalized spacial score (nSPS) is 13.8. The highest BCUT2D eigenvalue weighted by molar-refractivity contribution is 5.17. The first-order chi connectivity index (χ1) is 10.3. The van der Waals surface area contributed by atoms with E-state index in [0.717, 1.165) is 17.5 Å². The summed E-state index contributed by atoms with van der Waals surface area (Å²) in [5.74, 6) is 0. The van der Waals surface area contributed by atoms with Gasteiger partial charge in [0.25, 0.3) is 0 Å². The summed E-state index contributed by atoms with van der Waals surface area (Å²) in [5.41, 5.74) is 1.71. The number of rotatable bonds is 8. The van der Waals surface area contributed by atoms with Gasteiger partial charge < -0.3 is 10.2 Å². The number of aliphatic hydroxyl groups is 2. The summed E-state index contributed by atoms with van der Waals surface area (Å²) >= 11 is 0. The molecule has 112 valence electrons. The molecule has 4 heteroatoms. The van der Waals surface area contributed by atoms with Crippen LogP contribution in [0.4, 0.5) is 0 Å². The number of benzene rings is 2. The van der Waals surface area contributed by atoms with Crippen LogP contribution in [0.5, 0.6) is 0 Å². The molecule has 0 fully saturated rings. The van der Waals surface area contributed by atoms with E-state index in [1.54, 1.807) is 0 Å². The van der Waals surface area contributed by atoms with Gasteiger partial charge in [0, 0.05) is 0 Å². The van der Waals surface area contributed by atoms with Gasteiger partial charge in [-0.2, -0.15) is 0 Å². The Hall–Kier alpha value is -1.72. The third-order valence-corrected chi connectivity index (χ3v) is 3.26. The van der Waals surface area contributed by atoms with E-state index >= 15 is 0 Å². The smallest absolute Gasteiger partial charge is 0.131 e. The van der Waals surface area contributed by atoms with Gasteiger partial charge in [-0.25, -0.2) is 0 Å². The van der Waals surface area contributed by atoms with E-state index in [1.165, 1.54) is 0 Å². The van der Waals surface area contributed by atoms with Gasteiger partial charge in [0.15, 0.2) is 0 Å². The van der Waals surface area contributed by atoms with Crippen LogP contribution in [-0.4, -0.2) is 23.3 Å². The number of hydrogen-bond donors (Lipinski definition) is 4. The minimum absolute atomic E-state index is 0.648. The fourth-order valence-corrected chi connectivity index (χ4v) is 2.07. The van der Waals surface area contributed by atoms with Crippen LogP contribution in [0.15, 0.2) is 60.7 Å². The van der Waals surface area contributed by atoms with E-state index in [2.05, 4.69) is 10.6 Å². The minimum atomic E-state index is -0.648. The van der Waals surface area contributed by atoms with Crippen LogP contribution < -0.4 is 10.6 Å². The third kappa shape index (κ3) is 5.28. The molecular weight excluding hydrogens is 264 g/mol. The van der Waals surface area contributed by atoms with Gasteiger partial charge in [-0.15, -0.1) is 0 Å². The van der Waals surface area contributed by atoms with Crippen LogP contribution in [0.25, 0.3) is 0 Å². The highest BCUT2D eigenvalue weighted by Crippen LogP contribution is 2.09. The van der Waals surface area contributed by atoms with Gasteiger partial charge in [-0.05, 0) is 30.6 Å². The molecule has 0 saturated heterocycles. The van der Waals surface area contributed by atoms with Crippen molar-refractivity contribution in [1.29, 1.82) is 0 Å². The lowest BCUT2D eigenvalue weighted by atomic mass is 10.2. The predicted octanol–water partition coefficient (Wildman–Crippen LogP) is 1.94. The minimum Gasteiger partial charge on any atom is -0.374 e. The van der Waals surface area contributed by atoms with Crippen molar-refractivity contribution in [3.05, 3.63) is 71.8 Å². The van der Waals surface area contributed by atoms with Gasteiger partial charge >= 0.3 is 0 Å². The SMILES string of the molecule is OC(NCCCNC(O)c1ccccc1)c1ccccc1. The van der Waals surface area contributed by atoms with E-state index in [9.17, 15) is 10.2 Å². The average molecular weight is 286 g/mol. The Morgan fingerprint density at radius 1 is 0.667 bits per heavy atom. The molecule has 0 saturated carbocycles. The first kappa shape index (κ1) is 15.7. The zero-order valence-corrected chi connectivity index (χ0v) is 11.9. The van der Waals surface area contributed by atoms with Gasteiger partial charge in [0.05, 0.1) is 0 Å². The number of aliphatic hydroxyl groups excluding tert-OH is 2. The third-order valence-electron chi connectivity index (χ3n) is 3.26. The zero-order valence-electron chi connectivity index (χ0n) is 11.9. The molecule has 21 heavy (non-hydrogen) atoms. The Morgan fingerprint density at radius 3 is 1.43 bits per heavy atom. The van der Waals surface area contributed by atoms with E-state index in [4.69, 9.17) is 0 Å². The Kier molecular flexibility index (Phi) is 6.37. The molecule has 0 bridgehead atoms. The Labute approximate surface area is 125 Å². The lowest BCUT2D eigenvalue weighted by molar-refractivity contribution is 0.130. The lowest BCUT2D eigenvalue weighted by Crippen LogP contribution is -2.27. The van der Waals surface area contributed by atoms with Crippen molar-refractivity contribution >= 4 is 0 Å². The van der Waals surface area contributed by atoms with Gasteiger partial charge in [0.1, 0.15) is 12.5 Å². The van der Waals surface area contributed by atoms with Crippen molar-refractivity contribution in [2.75, 3.05) is 13.1 Å². The van der Waals surface area contributed by atoms with E-state index in [-0.39, 0.29) is 0 Å². The molecule has 0 spiro atoms. The fourth-order valence-electron chi connectivity index (χ4n) is 2.07. The molecule has 0 aliphatic carbocycles. The highest BCUT2D eigenvalue weighted by atomic mass is 16.3. The predicted molar refractivity (Wildman–Crippen MR) is 83.4 cm³/mol. The maximum Gasteiger partial charge on any atom is 0.131 e. The Morgan fingerprint density at radius 2 is 1.05 bits per heavy atom. The summed E-state index contributed by atoms with van der Waals surface area (Å²) in [5, 5.41) is 25.9. The molecule has 0 heterocycles. The summed E-state index contributed by atoms with van der Waals surface area (Å²) < 4.78 is 0. The molecule has 4 N–H and O–H groups in total. The molecule has 2 aromatic carbocycles. The summed E-state index contributed by atoms with van der Waals surface area (Å²) in [6.45, 7) is 1.34. The molecule has 2 aromatic rings. The molecule has 0 aliphatic heterocycles. The Bertz CT molecular complexity index is 457. The van der Waals surface area contributed by atoms with Gasteiger partial charge in [0.2, 0.25) is 0 Å². The van der Waals surface area contributed by atoms with Crippen molar-refractivity contribution in [1.82, 2.24) is 10.6 Å². The molecule has 2 rings (SSSR count). The van der Waals surface area contributed by atoms with Gasteiger partial charge in [-0.1, -0.05) is 60.7 Å². The molecule has 0 aromatic heterocycles. The molecular formula is C17H22N2O2. The molecule has 0 radical (unpaired) electrons. The topological polar surface area (TPSA) is 64.5 Å². The lowest BCUT2D eigenvalue weighted by Gasteiger charge is -2.15. The summed E-state index contributed by atoms with van der Waals surface area (Å²) in [4.78, 5) is 0. The standard InChI is InChI=1S/C17H22N2O2/c20-16(14-8-3-1-4-9-14)18-12-7-13-19-17(21)15-10-5-2-6-11-15/h1-6,8-11,16-21H,7,12-13H2. The maximum absolute atomic E-state index is 9.93. The van der Waals surface area contributed by atoms with Crippen LogP contribution in [0, 0.1) is 0 Å².